The molecule has 47 heavy (non-hydrogen) atoms. The number of nitrogens with one attached hydrogen (secondary N) is 1. The molecule has 1 aromatic heterocycles. The van der Waals surface area contributed by atoms with Crippen molar-refractivity contribution in [1.82, 2.24) is 9.29 Å². The lowest BCUT2D eigenvalue weighted by Crippen LogP contribution is -2.45. The van der Waals surface area contributed by atoms with E-state index in [4.69, 9.17) is 19.0 Å². The van der Waals surface area contributed by atoms with Crippen molar-refractivity contribution in [3.05, 3.63) is 41.6 Å². The summed E-state index contributed by atoms with van der Waals surface area (Å²) in [6.45, 7) is 3.91. The van der Waals surface area contributed by atoms with Gasteiger partial charge in [0.15, 0.2) is 0 Å². The normalized spacial score (nSPS) is 25.7. The number of sulfonamides is 1. The highest BCUT2D eigenvalue weighted by Crippen LogP contribution is 2.35. The molecule has 0 saturated heterocycles. The van der Waals surface area contributed by atoms with E-state index in [1.54, 1.807) is 20.1 Å². The van der Waals surface area contributed by atoms with Crippen molar-refractivity contribution in [3.8, 4) is 0 Å². The maximum absolute atomic E-state index is 13.4. The predicted molar refractivity (Wildman–Crippen MR) is 176 cm³/mol. The van der Waals surface area contributed by atoms with Crippen LogP contribution in [0.3, 0.4) is 0 Å². The minimum Gasteiger partial charge on any atom is -0.467 e. The molecule has 2 aliphatic carbocycles. The highest BCUT2D eigenvalue weighted by atomic mass is 32.2. The van der Waals surface area contributed by atoms with Gasteiger partial charge in [0.05, 0.1) is 42.3 Å². The van der Waals surface area contributed by atoms with Crippen LogP contribution in [0.4, 0.5) is 0 Å². The minimum absolute atomic E-state index is 0.0192. The Balaban J connectivity index is 1.21. The third kappa shape index (κ3) is 7.95. The van der Waals surface area contributed by atoms with E-state index in [-0.39, 0.29) is 43.0 Å². The summed E-state index contributed by atoms with van der Waals surface area (Å²) < 4.78 is 47.1. The average Bonchev–Trinajstić information content (AvgIpc) is 3.64. The molecule has 1 N–H and O–H groups in total. The Kier molecular flexibility index (Phi) is 11.2. The molecule has 4 atom stereocenters. The lowest BCUT2D eigenvalue weighted by molar-refractivity contribution is -0.150. The number of rotatable bonds is 12. The van der Waals surface area contributed by atoms with Crippen LogP contribution in [0.5, 0.6) is 0 Å². The van der Waals surface area contributed by atoms with E-state index in [9.17, 15) is 22.8 Å². The summed E-state index contributed by atoms with van der Waals surface area (Å²) in [7, 11) is -0.697. The minimum atomic E-state index is -3.65. The lowest BCUT2D eigenvalue weighted by atomic mass is 9.81. The van der Waals surface area contributed by atoms with Crippen LogP contribution in [0.25, 0.3) is 17.0 Å². The second-order valence-corrected chi connectivity index (χ2v) is 14.8. The third-order valence-corrected chi connectivity index (χ3v) is 11.7. The van der Waals surface area contributed by atoms with Crippen molar-refractivity contribution in [2.24, 2.45) is 17.0 Å². The molecule has 0 bridgehead atoms. The fourth-order valence-corrected chi connectivity index (χ4v) is 8.70. The Bertz CT molecular complexity index is 1640. The van der Waals surface area contributed by atoms with E-state index in [1.807, 2.05) is 42.0 Å². The van der Waals surface area contributed by atoms with Crippen LogP contribution >= 0.6 is 0 Å². The van der Waals surface area contributed by atoms with Crippen LogP contribution < -0.4 is 4.72 Å². The molecule has 13 heteroatoms. The molecular weight excluding hydrogens is 626 g/mol. The van der Waals surface area contributed by atoms with Crippen molar-refractivity contribution >= 4 is 50.6 Å². The topological polar surface area (TPSA) is 152 Å². The van der Waals surface area contributed by atoms with Gasteiger partial charge in [-0.15, -0.1) is 0 Å². The first kappa shape index (κ1) is 34.8. The summed E-state index contributed by atoms with van der Waals surface area (Å²) >= 11 is 0. The number of oxime groups is 1. The van der Waals surface area contributed by atoms with Crippen molar-refractivity contribution in [2.45, 2.75) is 95.1 Å². The molecule has 2 saturated carbocycles. The van der Waals surface area contributed by atoms with Gasteiger partial charge in [0.25, 0.3) is 0 Å². The molecule has 4 unspecified atom stereocenters. The molecule has 0 spiro atoms. The van der Waals surface area contributed by atoms with Gasteiger partial charge < -0.3 is 23.6 Å². The largest absolute Gasteiger partial charge is 0.467 e. The summed E-state index contributed by atoms with van der Waals surface area (Å²) in [5, 5.41) is 4.37. The van der Waals surface area contributed by atoms with Crippen molar-refractivity contribution < 1.29 is 41.8 Å². The van der Waals surface area contributed by atoms with E-state index in [2.05, 4.69) is 9.88 Å². The van der Waals surface area contributed by atoms with Gasteiger partial charge in [-0.2, -0.15) is 0 Å². The van der Waals surface area contributed by atoms with Gasteiger partial charge in [-0.1, -0.05) is 29.8 Å². The molecule has 1 aromatic carbocycles. The summed E-state index contributed by atoms with van der Waals surface area (Å²) in [5.74, 6) is -1.77. The molecule has 3 aliphatic rings. The van der Waals surface area contributed by atoms with Crippen molar-refractivity contribution in [3.63, 3.8) is 0 Å². The Morgan fingerprint density at radius 3 is 2.57 bits per heavy atom. The van der Waals surface area contributed by atoms with E-state index in [0.717, 1.165) is 16.5 Å². The first-order valence-electron chi connectivity index (χ1n) is 16.4. The molecule has 0 radical (unpaired) electrons. The quantitative estimate of drug-likeness (QED) is 0.193. The molecule has 12 nitrogen and oxygen atoms in total. The Morgan fingerprint density at radius 2 is 1.85 bits per heavy atom. The summed E-state index contributed by atoms with van der Waals surface area (Å²) in [6.07, 6.45) is 8.60. The molecular formula is C34H45N3O9S. The summed E-state index contributed by atoms with van der Waals surface area (Å²) in [4.78, 5) is 42.9. The highest BCUT2D eigenvalue weighted by molar-refractivity contribution is 7.90. The number of ether oxygens (including phenoxy) is 3. The number of aromatic nitrogens is 1. The molecule has 256 valence electrons. The van der Waals surface area contributed by atoms with Crippen LogP contribution in [-0.4, -0.2) is 74.8 Å². The Labute approximate surface area is 275 Å². The predicted octanol–water partition coefficient (Wildman–Crippen LogP) is 4.68. The first-order chi connectivity index (χ1) is 22.5. The molecule has 5 rings (SSSR count). The first-order valence-corrected chi connectivity index (χ1v) is 18.0. The van der Waals surface area contributed by atoms with E-state index < -0.39 is 33.2 Å². The SMILES string of the molecule is COC(=O)C(C)n1cc(/C=C2\C(=O)ON=C2C2CCC(NS(=O)(=O)C3CCCC(C(=O)OCCC(C)OC)C3)CC2)c2ccccc21. The molecule has 2 heterocycles. The fourth-order valence-electron chi connectivity index (χ4n) is 6.84. The zero-order valence-corrected chi connectivity index (χ0v) is 28.3. The monoisotopic (exact) mass is 671 g/mol. The van der Waals surface area contributed by atoms with Gasteiger partial charge >= 0.3 is 17.9 Å². The van der Waals surface area contributed by atoms with E-state index in [1.165, 1.54) is 7.11 Å². The molecule has 1 aliphatic heterocycles. The molecule has 2 fully saturated rings. The maximum Gasteiger partial charge on any atom is 0.367 e. The van der Waals surface area contributed by atoms with Gasteiger partial charge in [-0.25, -0.2) is 22.7 Å². The number of fused-ring (bicyclic) bond motifs is 1. The summed E-state index contributed by atoms with van der Waals surface area (Å²) in [6, 6.07) is 6.80. The fraction of sp³-hybridized carbons (Fsp3) is 0.588. The van der Waals surface area contributed by atoms with E-state index in [0.29, 0.717) is 62.7 Å². The second kappa shape index (κ2) is 15.1. The summed E-state index contributed by atoms with van der Waals surface area (Å²) in [5.41, 5.74) is 2.49. The number of carbonyl (C=O) groups excluding carboxylic acids is 3. The number of benzene rings is 1. The van der Waals surface area contributed by atoms with E-state index >= 15 is 0 Å². The van der Waals surface area contributed by atoms with Gasteiger partial charge in [0.1, 0.15) is 6.04 Å². The second-order valence-electron chi connectivity index (χ2n) is 12.8. The number of esters is 2. The number of nitrogens with zero attached hydrogens (tertiary/aromatic N) is 2. The smallest absolute Gasteiger partial charge is 0.367 e. The van der Waals surface area contributed by atoms with Gasteiger partial charge in [0.2, 0.25) is 10.0 Å². The third-order valence-electron chi connectivity index (χ3n) is 9.77. The zero-order valence-electron chi connectivity index (χ0n) is 27.5. The highest BCUT2D eigenvalue weighted by Gasteiger charge is 2.39. The van der Waals surface area contributed by atoms with Crippen LogP contribution in [0.1, 0.15) is 83.2 Å². The number of carbonyl (C=O) groups is 3. The van der Waals surface area contributed by atoms with Crippen molar-refractivity contribution in [2.75, 3.05) is 20.8 Å². The number of hydrogen-bond acceptors (Lipinski definition) is 10. The lowest BCUT2D eigenvalue weighted by Gasteiger charge is -2.32. The Morgan fingerprint density at radius 1 is 1.11 bits per heavy atom. The molecule has 2 aromatic rings. The zero-order chi connectivity index (χ0) is 33.7. The van der Waals surface area contributed by atoms with Crippen LogP contribution in [0.15, 0.2) is 41.2 Å². The number of para-hydroxylation sites is 1. The van der Waals surface area contributed by atoms with Crippen LogP contribution in [0, 0.1) is 11.8 Å². The van der Waals surface area contributed by atoms with Crippen LogP contribution in [-0.2, 0) is 43.5 Å². The standard InChI is InChI=1S/C34H45N3O9S/c1-21(43-3)16-17-45-33(39)24-8-7-9-27(18-24)47(41,42)36-26-14-12-23(13-15-26)31-29(34(40)46-35-31)19-25-20-37(22(2)32(38)44-4)30-11-6-5-10-28(25)30/h5-6,10-11,19-24,26-27,36H,7-9,12-18H2,1-4H3/b29-19-. The Hall–Kier alpha value is -3.55. The average molecular weight is 672 g/mol. The number of methoxy groups -OCH3 is 2. The molecule has 0 amide bonds. The van der Waals surface area contributed by atoms with Gasteiger partial charge in [-0.05, 0) is 70.9 Å². The van der Waals surface area contributed by atoms with Gasteiger partial charge in [0, 0.05) is 48.2 Å². The maximum atomic E-state index is 13.4. The van der Waals surface area contributed by atoms with Crippen LogP contribution in [0.2, 0.25) is 0 Å². The van der Waals surface area contributed by atoms with Crippen molar-refractivity contribution in [1.29, 1.82) is 0 Å². The van der Waals surface area contributed by atoms with Gasteiger partial charge in [-0.3, -0.25) is 4.79 Å². The number of hydrogen-bond donors (Lipinski definition) is 1.